The first-order chi connectivity index (χ1) is 13.1. The largest absolute Gasteiger partial charge is 0.345 e. The van der Waals surface area contributed by atoms with E-state index in [0.717, 1.165) is 50.5 Å². The van der Waals surface area contributed by atoms with Gasteiger partial charge in [0.25, 0.3) is 0 Å². The minimum absolute atomic E-state index is 0.0307. The zero-order valence-electron chi connectivity index (χ0n) is 14.7. The molecule has 1 N–H and O–H groups in total. The van der Waals surface area contributed by atoms with Crippen LogP contribution in [0.5, 0.6) is 0 Å². The number of nitrogens with one attached hydrogen (secondary N) is 1. The van der Waals surface area contributed by atoms with Gasteiger partial charge in [0.15, 0.2) is 5.78 Å². The number of fused-ring (bicyclic) bond motifs is 4. The van der Waals surface area contributed by atoms with Crippen LogP contribution in [-0.4, -0.2) is 45.4 Å². The number of aliphatic imine (C=N–C) groups is 2. The lowest BCUT2D eigenvalue weighted by Gasteiger charge is -2.28. The number of carbonyl (C=O) groups is 1. The number of rotatable bonds is 3. The summed E-state index contributed by atoms with van der Waals surface area (Å²) in [4.78, 5) is 31.7. The fourth-order valence-electron chi connectivity index (χ4n) is 3.63. The normalized spacial score (nSPS) is 15.4. The number of halogens is 1. The number of imidazole rings is 1. The van der Waals surface area contributed by atoms with Crippen molar-refractivity contribution in [3.05, 3.63) is 57.8 Å². The number of hydrogen-bond acceptors (Lipinski definition) is 5. The van der Waals surface area contributed by atoms with Gasteiger partial charge in [-0.3, -0.25) is 9.79 Å². The van der Waals surface area contributed by atoms with Crippen molar-refractivity contribution in [2.24, 2.45) is 9.98 Å². The minimum Gasteiger partial charge on any atom is -0.345 e. The van der Waals surface area contributed by atoms with Gasteiger partial charge in [0.1, 0.15) is 11.7 Å². The van der Waals surface area contributed by atoms with Gasteiger partial charge >= 0.3 is 0 Å². The number of ketones is 1. The maximum absolute atomic E-state index is 12.9. The second-order valence-corrected chi connectivity index (χ2v) is 7.62. The first-order valence-electron chi connectivity index (χ1n) is 8.76. The maximum atomic E-state index is 12.9. The molecule has 0 amide bonds. The molecule has 0 atom stereocenters. The second-order valence-electron chi connectivity index (χ2n) is 6.76. The number of aromatic amines is 1. The quantitative estimate of drug-likeness (QED) is 0.649. The van der Waals surface area contributed by atoms with E-state index in [9.17, 15) is 4.79 Å². The Hall–Kier alpha value is -2.80. The van der Waals surface area contributed by atoms with Crippen LogP contribution < -0.4 is 0 Å². The predicted molar refractivity (Wildman–Crippen MR) is 109 cm³/mol. The molecular weight excluding hydrogens is 406 g/mol. The summed E-state index contributed by atoms with van der Waals surface area (Å²) in [6.45, 7) is 3.53. The third kappa shape index (κ3) is 2.70. The number of aromatic nitrogens is 2. The Morgan fingerprint density at radius 2 is 2.19 bits per heavy atom. The van der Waals surface area contributed by atoms with E-state index in [4.69, 9.17) is 4.99 Å². The van der Waals surface area contributed by atoms with E-state index in [-0.39, 0.29) is 12.2 Å². The van der Waals surface area contributed by atoms with Crippen molar-refractivity contribution in [1.29, 1.82) is 0 Å². The summed E-state index contributed by atoms with van der Waals surface area (Å²) >= 11 is 3.61. The highest BCUT2D eigenvalue weighted by molar-refractivity contribution is 9.10. The van der Waals surface area contributed by atoms with Gasteiger partial charge in [0.2, 0.25) is 0 Å². The molecule has 2 aromatic carbocycles. The van der Waals surface area contributed by atoms with E-state index in [0.29, 0.717) is 12.1 Å². The molecule has 0 aliphatic carbocycles. The lowest BCUT2D eigenvalue weighted by Crippen LogP contribution is -2.38. The van der Waals surface area contributed by atoms with Gasteiger partial charge in [-0.2, -0.15) is 0 Å². The minimum atomic E-state index is 0.0307. The summed E-state index contributed by atoms with van der Waals surface area (Å²) in [6.07, 6.45) is 1.87. The molecule has 1 aromatic heterocycles. The molecule has 7 heteroatoms. The van der Waals surface area contributed by atoms with Gasteiger partial charge in [-0.15, -0.1) is 0 Å². The molecular formula is C20H16BrN5O. The van der Waals surface area contributed by atoms with Crippen molar-refractivity contribution in [2.75, 3.05) is 13.1 Å². The van der Waals surface area contributed by atoms with Crippen LogP contribution in [0.4, 0.5) is 5.69 Å². The van der Waals surface area contributed by atoms with Crippen molar-refractivity contribution in [3.63, 3.8) is 0 Å². The number of nitrogens with zero attached hydrogens (tertiary/aromatic N) is 4. The number of benzene rings is 2. The standard InChI is InChI=1S/C20H16BrN5O/c1-11-6-13-19(14(21)7-11)25-18(26-5-4-22-20(13)26)9-17(27)12-2-3-15-16(8-12)24-10-23-15/h2-3,6-8,10H,4-5,9H2,1H3,(H,23,24). The Kier molecular flexibility index (Phi) is 3.72. The van der Waals surface area contributed by atoms with Crippen LogP contribution in [0.3, 0.4) is 0 Å². The zero-order chi connectivity index (χ0) is 18.5. The molecule has 134 valence electrons. The van der Waals surface area contributed by atoms with E-state index in [1.54, 1.807) is 6.33 Å². The van der Waals surface area contributed by atoms with Crippen LogP contribution in [0, 0.1) is 6.92 Å². The van der Waals surface area contributed by atoms with E-state index >= 15 is 0 Å². The summed E-state index contributed by atoms with van der Waals surface area (Å²) < 4.78 is 0.926. The lowest BCUT2D eigenvalue weighted by molar-refractivity contribution is 0.0998. The van der Waals surface area contributed by atoms with Crippen molar-refractivity contribution in [2.45, 2.75) is 13.3 Å². The Balaban J connectivity index is 1.53. The predicted octanol–water partition coefficient (Wildman–Crippen LogP) is 4.01. The Morgan fingerprint density at radius 3 is 3.07 bits per heavy atom. The second kappa shape index (κ2) is 6.13. The summed E-state index contributed by atoms with van der Waals surface area (Å²) in [7, 11) is 0. The molecule has 0 spiro atoms. The molecule has 5 rings (SSSR count). The zero-order valence-corrected chi connectivity index (χ0v) is 16.2. The number of carbonyl (C=O) groups excluding carboxylic acids is 1. The average molecular weight is 422 g/mol. The van der Waals surface area contributed by atoms with E-state index < -0.39 is 0 Å². The SMILES string of the molecule is Cc1cc(Br)c2c(c1)C1=NCCN1C(CC(=O)c1ccc3nc[nH]c3c1)=N2. The number of amidine groups is 2. The third-order valence-corrected chi connectivity index (χ3v) is 5.51. The molecule has 3 heterocycles. The Labute approximate surface area is 164 Å². The summed E-state index contributed by atoms with van der Waals surface area (Å²) in [5, 5.41) is 0. The third-order valence-electron chi connectivity index (χ3n) is 4.90. The fraction of sp³-hybridized carbons (Fsp3) is 0.200. The van der Waals surface area contributed by atoms with Gasteiger partial charge in [-0.1, -0.05) is 0 Å². The van der Waals surface area contributed by atoms with Gasteiger partial charge in [-0.25, -0.2) is 9.98 Å². The van der Waals surface area contributed by atoms with Crippen molar-refractivity contribution in [1.82, 2.24) is 14.9 Å². The van der Waals surface area contributed by atoms with Gasteiger partial charge in [0, 0.05) is 22.1 Å². The molecule has 0 saturated heterocycles. The smallest absolute Gasteiger partial charge is 0.170 e. The molecule has 0 unspecified atom stereocenters. The van der Waals surface area contributed by atoms with Crippen LogP contribution in [0.2, 0.25) is 0 Å². The number of hydrogen-bond donors (Lipinski definition) is 1. The number of Topliss-reactive ketones (excluding diaryl/α,β-unsaturated/α-hetero) is 1. The van der Waals surface area contributed by atoms with Crippen LogP contribution in [0.1, 0.15) is 27.9 Å². The molecule has 2 aliphatic heterocycles. The summed E-state index contributed by atoms with van der Waals surface area (Å²) in [6, 6.07) is 9.67. The molecule has 0 bridgehead atoms. The Morgan fingerprint density at radius 1 is 1.30 bits per heavy atom. The summed E-state index contributed by atoms with van der Waals surface area (Å²) in [5.41, 5.74) is 5.39. The van der Waals surface area contributed by atoms with E-state index in [1.807, 2.05) is 24.3 Å². The van der Waals surface area contributed by atoms with Crippen molar-refractivity contribution >= 4 is 50.1 Å². The monoisotopic (exact) mass is 421 g/mol. The number of aryl methyl sites for hydroxylation is 1. The molecule has 0 radical (unpaired) electrons. The molecule has 0 saturated carbocycles. The van der Waals surface area contributed by atoms with E-state index in [2.05, 4.69) is 48.8 Å². The lowest BCUT2D eigenvalue weighted by atomic mass is 10.0. The van der Waals surface area contributed by atoms with E-state index in [1.165, 1.54) is 0 Å². The number of H-pyrrole nitrogens is 1. The highest BCUT2D eigenvalue weighted by Crippen LogP contribution is 2.37. The molecule has 0 fully saturated rings. The average Bonchev–Trinajstić information content (AvgIpc) is 3.31. The van der Waals surface area contributed by atoms with Crippen LogP contribution in [0.15, 0.2) is 51.1 Å². The molecule has 27 heavy (non-hydrogen) atoms. The first kappa shape index (κ1) is 16.4. The van der Waals surface area contributed by atoms with Crippen molar-refractivity contribution < 1.29 is 4.79 Å². The Bertz CT molecular complexity index is 1160. The molecule has 3 aromatic rings. The van der Waals surface area contributed by atoms with Crippen molar-refractivity contribution in [3.8, 4) is 0 Å². The topological polar surface area (TPSA) is 73.7 Å². The van der Waals surface area contributed by atoms with Gasteiger partial charge < -0.3 is 9.88 Å². The first-order valence-corrected chi connectivity index (χ1v) is 9.56. The van der Waals surface area contributed by atoms with Gasteiger partial charge in [0.05, 0.1) is 36.0 Å². The maximum Gasteiger partial charge on any atom is 0.170 e. The van der Waals surface area contributed by atoms with Crippen LogP contribution in [0.25, 0.3) is 11.0 Å². The summed E-state index contributed by atoms with van der Waals surface area (Å²) in [5.74, 6) is 1.69. The van der Waals surface area contributed by atoms with Gasteiger partial charge in [-0.05, 0) is 58.7 Å². The highest BCUT2D eigenvalue weighted by atomic mass is 79.9. The fourth-order valence-corrected chi connectivity index (χ4v) is 4.29. The van der Waals surface area contributed by atoms with Crippen LogP contribution in [-0.2, 0) is 0 Å². The molecule has 6 nitrogen and oxygen atoms in total. The van der Waals surface area contributed by atoms with Crippen LogP contribution >= 0.6 is 15.9 Å². The highest BCUT2D eigenvalue weighted by Gasteiger charge is 2.31. The molecule has 2 aliphatic rings.